The van der Waals surface area contributed by atoms with E-state index in [-0.39, 0.29) is 0 Å². The Bertz CT molecular complexity index is 152. The normalized spacial score (nSPS) is 25.6. The Hall–Kier alpha value is -0.560. The molecule has 1 aliphatic heterocycles. The molecule has 1 heteroatoms. The molecule has 1 nitrogen and oxygen atoms in total. The maximum atomic E-state index is 3.52. The molecule has 0 aromatic carbocycles. The van der Waals surface area contributed by atoms with Crippen LogP contribution in [0.5, 0.6) is 0 Å². The molecule has 1 unspecified atom stereocenters. The van der Waals surface area contributed by atoms with Crippen LogP contribution in [0.15, 0.2) is 24.3 Å². The van der Waals surface area contributed by atoms with Crippen LogP contribution in [0.4, 0.5) is 0 Å². The van der Waals surface area contributed by atoms with Crippen LogP contribution in [-0.2, 0) is 0 Å². The molecule has 1 atom stereocenters. The lowest BCUT2D eigenvalue weighted by Gasteiger charge is -2.21. The molecule has 1 saturated heterocycles. The average Bonchev–Trinajstić information content (AvgIpc) is 2.14. The summed E-state index contributed by atoms with van der Waals surface area (Å²) < 4.78 is 0. The molecule has 0 aliphatic carbocycles. The van der Waals surface area contributed by atoms with Gasteiger partial charge in [0, 0.05) is 6.04 Å². The molecule has 0 aromatic rings. The molecule has 0 saturated carbocycles. The van der Waals surface area contributed by atoms with Crippen molar-refractivity contribution in [2.45, 2.75) is 38.6 Å². The fourth-order valence-corrected chi connectivity index (χ4v) is 1.56. The fraction of sp³-hybridized carbons (Fsp3) is 0.636. The van der Waals surface area contributed by atoms with Crippen molar-refractivity contribution in [3.63, 3.8) is 0 Å². The van der Waals surface area contributed by atoms with Gasteiger partial charge in [-0.05, 0) is 32.7 Å². The van der Waals surface area contributed by atoms with Crippen LogP contribution in [0.25, 0.3) is 0 Å². The summed E-state index contributed by atoms with van der Waals surface area (Å²) in [5.74, 6) is 0. The molecule has 68 valence electrons. The van der Waals surface area contributed by atoms with E-state index >= 15 is 0 Å². The summed E-state index contributed by atoms with van der Waals surface area (Å²) in [7, 11) is 0. The van der Waals surface area contributed by atoms with Gasteiger partial charge in [0.1, 0.15) is 0 Å². The van der Waals surface area contributed by atoms with Crippen molar-refractivity contribution in [2.24, 2.45) is 0 Å². The Morgan fingerprint density at radius 2 is 2.25 bits per heavy atom. The van der Waals surface area contributed by atoms with Crippen LogP contribution >= 0.6 is 0 Å². The monoisotopic (exact) mass is 165 g/mol. The highest BCUT2D eigenvalue weighted by atomic mass is 14.9. The summed E-state index contributed by atoms with van der Waals surface area (Å²) in [5, 5.41) is 3.52. The number of hydrogen-bond acceptors (Lipinski definition) is 1. The van der Waals surface area contributed by atoms with E-state index in [0.29, 0.717) is 0 Å². The fourth-order valence-electron chi connectivity index (χ4n) is 1.56. The van der Waals surface area contributed by atoms with Crippen LogP contribution in [0.1, 0.15) is 32.6 Å². The van der Waals surface area contributed by atoms with Crippen molar-refractivity contribution >= 4 is 0 Å². The third-order valence-electron chi connectivity index (χ3n) is 2.27. The van der Waals surface area contributed by atoms with Crippen LogP contribution in [-0.4, -0.2) is 12.6 Å². The molecular weight excluding hydrogens is 146 g/mol. The zero-order valence-corrected chi connectivity index (χ0v) is 7.92. The molecule has 0 spiro atoms. The summed E-state index contributed by atoms with van der Waals surface area (Å²) in [4.78, 5) is 0. The van der Waals surface area contributed by atoms with Gasteiger partial charge < -0.3 is 5.32 Å². The quantitative estimate of drug-likeness (QED) is 0.634. The van der Waals surface area contributed by atoms with Gasteiger partial charge in [-0.2, -0.15) is 0 Å². The molecule has 1 N–H and O–H groups in total. The van der Waals surface area contributed by atoms with Gasteiger partial charge in [-0.1, -0.05) is 30.7 Å². The summed E-state index contributed by atoms with van der Waals surface area (Å²) >= 11 is 0. The number of hydrogen-bond donors (Lipinski definition) is 1. The van der Waals surface area contributed by atoms with Crippen molar-refractivity contribution in [1.29, 1.82) is 0 Å². The lowest BCUT2D eigenvalue weighted by atomic mass is 10.0. The molecule has 1 rings (SSSR count). The molecular formula is C11H19N. The van der Waals surface area contributed by atoms with Crippen molar-refractivity contribution in [2.75, 3.05) is 6.54 Å². The maximum absolute atomic E-state index is 3.52. The average molecular weight is 165 g/mol. The van der Waals surface area contributed by atoms with E-state index < -0.39 is 0 Å². The number of piperidine rings is 1. The van der Waals surface area contributed by atoms with Gasteiger partial charge in [-0.25, -0.2) is 0 Å². The molecule has 1 aliphatic rings. The summed E-state index contributed by atoms with van der Waals surface area (Å²) in [5.41, 5.74) is 0. The summed E-state index contributed by atoms with van der Waals surface area (Å²) in [6, 6.07) is 0.736. The largest absolute Gasteiger partial charge is 0.314 e. The Kier molecular flexibility index (Phi) is 4.77. The van der Waals surface area contributed by atoms with E-state index in [1.807, 2.05) is 6.92 Å². The Balaban J connectivity index is 2.12. The van der Waals surface area contributed by atoms with Crippen molar-refractivity contribution in [3.8, 4) is 0 Å². The topological polar surface area (TPSA) is 12.0 Å². The number of rotatable bonds is 3. The maximum Gasteiger partial charge on any atom is 0.0102 e. The predicted molar refractivity (Wildman–Crippen MR) is 54.2 cm³/mol. The summed E-state index contributed by atoms with van der Waals surface area (Å²) in [6.07, 6.45) is 13.8. The van der Waals surface area contributed by atoms with Crippen LogP contribution < -0.4 is 5.32 Å². The van der Waals surface area contributed by atoms with Gasteiger partial charge in [0.05, 0.1) is 0 Å². The second kappa shape index (κ2) is 6.01. The first-order chi connectivity index (χ1) is 5.93. The molecule has 0 radical (unpaired) electrons. The highest BCUT2D eigenvalue weighted by Gasteiger charge is 2.09. The smallest absolute Gasteiger partial charge is 0.0102 e. The zero-order valence-electron chi connectivity index (χ0n) is 7.92. The molecule has 1 heterocycles. The Labute approximate surface area is 75.6 Å². The minimum absolute atomic E-state index is 0.736. The third kappa shape index (κ3) is 3.72. The minimum atomic E-state index is 0.736. The molecule has 0 aromatic heterocycles. The van der Waals surface area contributed by atoms with E-state index in [9.17, 15) is 0 Å². The van der Waals surface area contributed by atoms with E-state index in [2.05, 4.69) is 29.6 Å². The molecule has 0 amide bonds. The lowest BCUT2D eigenvalue weighted by Crippen LogP contribution is -2.33. The SMILES string of the molecule is CC=CC=CCC1CCCCN1. The van der Waals surface area contributed by atoms with E-state index in [0.717, 1.165) is 6.04 Å². The van der Waals surface area contributed by atoms with E-state index in [4.69, 9.17) is 0 Å². The lowest BCUT2D eigenvalue weighted by molar-refractivity contribution is 0.404. The first-order valence-electron chi connectivity index (χ1n) is 4.94. The van der Waals surface area contributed by atoms with E-state index in [1.165, 1.54) is 32.2 Å². The van der Waals surface area contributed by atoms with Gasteiger partial charge in [0.2, 0.25) is 0 Å². The minimum Gasteiger partial charge on any atom is -0.314 e. The highest BCUT2D eigenvalue weighted by molar-refractivity contribution is 5.02. The van der Waals surface area contributed by atoms with Gasteiger partial charge in [-0.15, -0.1) is 0 Å². The van der Waals surface area contributed by atoms with Gasteiger partial charge >= 0.3 is 0 Å². The number of allylic oxidation sites excluding steroid dienone is 3. The van der Waals surface area contributed by atoms with Crippen molar-refractivity contribution < 1.29 is 0 Å². The molecule has 1 fully saturated rings. The summed E-state index contributed by atoms with van der Waals surface area (Å²) in [6.45, 7) is 3.26. The van der Waals surface area contributed by atoms with Gasteiger partial charge in [0.15, 0.2) is 0 Å². The van der Waals surface area contributed by atoms with Gasteiger partial charge in [-0.3, -0.25) is 0 Å². The van der Waals surface area contributed by atoms with E-state index in [1.54, 1.807) is 0 Å². The van der Waals surface area contributed by atoms with Gasteiger partial charge in [0.25, 0.3) is 0 Å². The van der Waals surface area contributed by atoms with Crippen molar-refractivity contribution in [1.82, 2.24) is 5.32 Å². The standard InChI is InChI=1S/C11H19N/c1-2-3-4-5-8-11-9-6-7-10-12-11/h2-5,11-12H,6-10H2,1H3. The Morgan fingerprint density at radius 1 is 1.33 bits per heavy atom. The molecule has 0 bridgehead atoms. The number of nitrogens with one attached hydrogen (secondary N) is 1. The second-order valence-corrected chi connectivity index (χ2v) is 3.34. The zero-order chi connectivity index (χ0) is 8.65. The first-order valence-corrected chi connectivity index (χ1v) is 4.94. The second-order valence-electron chi connectivity index (χ2n) is 3.34. The van der Waals surface area contributed by atoms with Crippen LogP contribution in [0.2, 0.25) is 0 Å². The van der Waals surface area contributed by atoms with Crippen LogP contribution in [0, 0.1) is 0 Å². The molecule has 12 heavy (non-hydrogen) atoms. The van der Waals surface area contributed by atoms with Crippen molar-refractivity contribution in [3.05, 3.63) is 24.3 Å². The first kappa shape index (κ1) is 9.53. The Morgan fingerprint density at radius 3 is 2.92 bits per heavy atom. The highest BCUT2D eigenvalue weighted by Crippen LogP contribution is 2.10. The predicted octanol–water partition coefficient (Wildman–Crippen LogP) is 2.65. The third-order valence-corrected chi connectivity index (χ3v) is 2.27. The van der Waals surface area contributed by atoms with Crippen LogP contribution in [0.3, 0.4) is 0 Å².